The van der Waals surface area contributed by atoms with Crippen LogP contribution in [0.1, 0.15) is 11.7 Å². The van der Waals surface area contributed by atoms with Crippen LogP contribution in [0.15, 0.2) is 53.8 Å². The van der Waals surface area contributed by atoms with Gasteiger partial charge in [0.15, 0.2) is 5.03 Å². The van der Waals surface area contributed by atoms with Crippen molar-refractivity contribution in [3.63, 3.8) is 0 Å². The lowest BCUT2D eigenvalue weighted by Gasteiger charge is -2.18. The molecular weight excluding hydrogens is 342 g/mol. The largest absolute Gasteiger partial charge is 0.256 e. The fraction of sp³-hybridized carbons (Fsp3) is 0.0667. The Labute approximate surface area is 143 Å². The third kappa shape index (κ3) is 2.98. The van der Waals surface area contributed by atoms with E-state index in [0.29, 0.717) is 11.1 Å². The number of nitrogens with zero attached hydrogens (tertiary/aromatic N) is 2. The third-order valence-electron chi connectivity index (χ3n) is 3.92. The Morgan fingerprint density at radius 2 is 1.80 bits per heavy atom. The van der Waals surface area contributed by atoms with Crippen molar-refractivity contribution in [2.24, 2.45) is 5.14 Å². The summed E-state index contributed by atoms with van der Waals surface area (Å²) in [6, 6.07) is 11.3. The number of hydrogen-bond acceptors (Lipinski definition) is 8. The highest BCUT2D eigenvalue weighted by Gasteiger charge is 2.28. The van der Waals surface area contributed by atoms with Crippen LogP contribution in [0, 0.1) is 0 Å². The molecule has 1 saturated heterocycles. The summed E-state index contributed by atoms with van der Waals surface area (Å²) in [5, 5.41) is 6.13. The van der Waals surface area contributed by atoms with E-state index in [1.54, 1.807) is 12.3 Å². The molecule has 128 valence electrons. The molecule has 25 heavy (non-hydrogen) atoms. The van der Waals surface area contributed by atoms with Gasteiger partial charge in [-0.05, 0) is 35.4 Å². The van der Waals surface area contributed by atoms with Gasteiger partial charge in [-0.15, -0.1) is 0 Å². The molecule has 9 nitrogen and oxygen atoms in total. The van der Waals surface area contributed by atoms with E-state index >= 15 is 0 Å². The smallest absolute Gasteiger partial charge is 0.255 e. The Balaban J connectivity index is 1.96. The van der Waals surface area contributed by atoms with Crippen LogP contribution in [0.5, 0.6) is 0 Å². The SMILES string of the molecule is NS(=O)(=O)c1nccc(-c2ccc3ncccc3c2)c1C1NNNN1. The first kappa shape index (κ1) is 16.0. The summed E-state index contributed by atoms with van der Waals surface area (Å²) in [4.78, 5) is 8.28. The zero-order valence-electron chi connectivity index (χ0n) is 12.9. The van der Waals surface area contributed by atoms with Crippen molar-refractivity contribution >= 4 is 20.9 Å². The Morgan fingerprint density at radius 3 is 2.56 bits per heavy atom. The second-order valence-electron chi connectivity index (χ2n) is 5.50. The molecule has 0 spiro atoms. The number of hydrogen-bond donors (Lipinski definition) is 5. The minimum Gasteiger partial charge on any atom is -0.256 e. The van der Waals surface area contributed by atoms with E-state index in [2.05, 4.69) is 31.9 Å². The molecule has 10 heteroatoms. The molecule has 3 heterocycles. The molecular formula is C15H15N7O2S. The summed E-state index contributed by atoms with van der Waals surface area (Å²) < 4.78 is 24.0. The van der Waals surface area contributed by atoms with E-state index in [0.717, 1.165) is 16.5 Å². The van der Waals surface area contributed by atoms with Crippen molar-refractivity contribution in [3.05, 3.63) is 54.4 Å². The van der Waals surface area contributed by atoms with Gasteiger partial charge in [-0.2, -0.15) is 11.1 Å². The van der Waals surface area contributed by atoms with E-state index in [1.807, 2.05) is 30.3 Å². The van der Waals surface area contributed by atoms with E-state index in [-0.39, 0.29) is 5.03 Å². The van der Waals surface area contributed by atoms with Crippen molar-refractivity contribution in [2.45, 2.75) is 11.2 Å². The highest BCUT2D eigenvalue weighted by Crippen LogP contribution is 2.32. The Kier molecular flexibility index (Phi) is 3.92. The van der Waals surface area contributed by atoms with Crippen LogP contribution in [-0.4, -0.2) is 18.4 Å². The molecule has 1 aromatic carbocycles. The predicted molar refractivity (Wildman–Crippen MR) is 91.6 cm³/mol. The van der Waals surface area contributed by atoms with Crippen LogP contribution < -0.4 is 27.1 Å². The average molecular weight is 357 g/mol. The van der Waals surface area contributed by atoms with Crippen LogP contribution in [0.2, 0.25) is 0 Å². The first-order valence-electron chi connectivity index (χ1n) is 7.42. The minimum atomic E-state index is -4.00. The summed E-state index contributed by atoms with van der Waals surface area (Å²) in [5.74, 6) is 0. The topological polar surface area (TPSA) is 134 Å². The van der Waals surface area contributed by atoms with Crippen molar-refractivity contribution in [1.82, 2.24) is 31.9 Å². The van der Waals surface area contributed by atoms with Crippen LogP contribution in [0.4, 0.5) is 0 Å². The number of fused-ring (bicyclic) bond motifs is 1. The number of rotatable bonds is 3. The van der Waals surface area contributed by atoms with Crippen molar-refractivity contribution in [3.8, 4) is 11.1 Å². The van der Waals surface area contributed by atoms with Gasteiger partial charge in [0.1, 0.15) is 6.17 Å². The maximum Gasteiger partial charge on any atom is 0.255 e. The molecule has 1 aliphatic heterocycles. The van der Waals surface area contributed by atoms with E-state index < -0.39 is 16.2 Å². The second-order valence-corrected chi connectivity index (χ2v) is 6.98. The molecule has 0 unspecified atom stereocenters. The minimum absolute atomic E-state index is 0.188. The molecule has 6 N–H and O–H groups in total. The van der Waals surface area contributed by atoms with E-state index in [1.165, 1.54) is 6.20 Å². The van der Waals surface area contributed by atoms with Crippen LogP contribution in [0.25, 0.3) is 22.0 Å². The normalized spacial score (nSPS) is 15.7. The summed E-state index contributed by atoms with van der Waals surface area (Å²) in [7, 11) is -4.00. The van der Waals surface area contributed by atoms with Gasteiger partial charge < -0.3 is 0 Å². The highest BCUT2D eigenvalue weighted by molar-refractivity contribution is 7.89. The quantitative estimate of drug-likeness (QED) is 0.444. The molecule has 2 aromatic heterocycles. The maximum absolute atomic E-state index is 12.0. The number of pyridine rings is 2. The Hall–Kier alpha value is -2.47. The van der Waals surface area contributed by atoms with E-state index in [9.17, 15) is 8.42 Å². The van der Waals surface area contributed by atoms with Crippen molar-refractivity contribution < 1.29 is 8.42 Å². The van der Waals surface area contributed by atoms with Gasteiger partial charge in [-0.25, -0.2) is 29.4 Å². The van der Waals surface area contributed by atoms with Gasteiger partial charge in [0.2, 0.25) is 0 Å². The zero-order valence-corrected chi connectivity index (χ0v) is 13.7. The number of primary sulfonamides is 1. The first-order chi connectivity index (χ1) is 12.0. The van der Waals surface area contributed by atoms with Crippen LogP contribution in [0.3, 0.4) is 0 Å². The molecule has 1 aliphatic rings. The summed E-state index contributed by atoms with van der Waals surface area (Å²) in [5.41, 5.74) is 13.9. The average Bonchev–Trinajstić information content (AvgIpc) is 3.14. The number of nitrogens with two attached hydrogens (primary N) is 1. The predicted octanol–water partition coefficient (Wildman–Crippen LogP) is 0.0598. The van der Waals surface area contributed by atoms with Gasteiger partial charge in [-0.3, -0.25) is 4.98 Å². The fourth-order valence-corrected chi connectivity index (χ4v) is 3.59. The lowest BCUT2D eigenvalue weighted by molar-refractivity contribution is 0.534. The molecule has 3 aromatic rings. The molecule has 0 saturated carbocycles. The number of sulfonamides is 1. The highest BCUT2D eigenvalue weighted by atomic mass is 32.2. The zero-order chi connectivity index (χ0) is 17.4. The van der Waals surface area contributed by atoms with Crippen LogP contribution in [-0.2, 0) is 10.0 Å². The second kappa shape index (κ2) is 6.11. The summed E-state index contributed by atoms with van der Waals surface area (Å²) in [6.45, 7) is 0. The molecule has 0 atom stereocenters. The fourth-order valence-electron chi connectivity index (χ4n) is 2.85. The van der Waals surface area contributed by atoms with Crippen molar-refractivity contribution in [2.75, 3.05) is 0 Å². The monoisotopic (exact) mass is 357 g/mol. The maximum atomic E-state index is 12.0. The van der Waals surface area contributed by atoms with Gasteiger partial charge in [-0.1, -0.05) is 12.1 Å². The number of nitrogens with one attached hydrogen (secondary N) is 4. The summed E-state index contributed by atoms with van der Waals surface area (Å²) in [6.07, 6.45) is 2.62. The van der Waals surface area contributed by atoms with Crippen LogP contribution >= 0.6 is 0 Å². The molecule has 4 rings (SSSR count). The van der Waals surface area contributed by atoms with E-state index in [4.69, 9.17) is 5.14 Å². The molecule has 0 amide bonds. The van der Waals surface area contributed by atoms with Gasteiger partial charge in [0, 0.05) is 23.3 Å². The molecule has 1 fully saturated rings. The molecule has 0 aliphatic carbocycles. The lowest BCUT2D eigenvalue weighted by Crippen LogP contribution is -2.33. The molecule has 0 bridgehead atoms. The van der Waals surface area contributed by atoms with Gasteiger partial charge in [0.05, 0.1) is 5.52 Å². The van der Waals surface area contributed by atoms with Crippen molar-refractivity contribution in [1.29, 1.82) is 0 Å². The molecule has 0 radical (unpaired) electrons. The van der Waals surface area contributed by atoms with Gasteiger partial charge >= 0.3 is 0 Å². The summed E-state index contributed by atoms with van der Waals surface area (Å²) >= 11 is 0. The lowest BCUT2D eigenvalue weighted by atomic mass is 9.98. The third-order valence-corrected chi connectivity index (χ3v) is 4.79. The van der Waals surface area contributed by atoms with Gasteiger partial charge in [0.25, 0.3) is 10.0 Å². The Morgan fingerprint density at radius 1 is 1.00 bits per heavy atom. The number of benzene rings is 1. The standard InChI is InChI=1S/C15H15N7O2S/c16-25(23,24)15-13(14-19-21-22-20-14)11(5-7-18-15)9-3-4-12-10(8-9)2-1-6-17-12/h1-8,14,19-22H,(H2,16,23,24). The number of hydrazine groups is 3. The first-order valence-corrected chi connectivity index (χ1v) is 8.96. The number of aromatic nitrogens is 2. The Bertz CT molecular complexity index is 1050.